The first-order chi connectivity index (χ1) is 10.0. The molecule has 1 aromatic carbocycles. The molecule has 1 saturated carbocycles. The minimum atomic E-state index is 0.341. The van der Waals surface area contributed by atoms with E-state index in [-0.39, 0.29) is 0 Å². The molecule has 1 N–H and O–H groups in total. The van der Waals surface area contributed by atoms with Crippen molar-refractivity contribution in [3.05, 3.63) is 35.4 Å². The molecule has 0 aromatic heterocycles. The number of benzene rings is 1. The number of rotatable bonds is 4. The first-order valence-electron chi connectivity index (χ1n) is 8.53. The van der Waals surface area contributed by atoms with E-state index in [4.69, 9.17) is 0 Å². The number of nitrogens with one attached hydrogen (secondary N) is 1. The maximum absolute atomic E-state index is 3.82. The van der Waals surface area contributed by atoms with Gasteiger partial charge in [-0.1, -0.05) is 38.1 Å². The van der Waals surface area contributed by atoms with Crippen LogP contribution in [0.4, 0.5) is 0 Å². The third-order valence-electron chi connectivity index (χ3n) is 5.75. The van der Waals surface area contributed by atoms with Gasteiger partial charge < -0.3 is 5.32 Å². The van der Waals surface area contributed by atoms with Crippen LogP contribution in [0.2, 0.25) is 0 Å². The predicted octanol–water partition coefficient (Wildman–Crippen LogP) is 3.59. The lowest BCUT2D eigenvalue weighted by Crippen LogP contribution is -2.65. The van der Waals surface area contributed by atoms with Crippen LogP contribution in [-0.2, 0) is 6.54 Å². The summed E-state index contributed by atoms with van der Waals surface area (Å²) < 4.78 is 0. The van der Waals surface area contributed by atoms with Crippen LogP contribution in [0, 0.1) is 18.8 Å². The zero-order valence-corrected chi connectivity index (χ0v) is 14.0. The van der Waals surface area contributed by atoms with Gasteiger partial charge in [0.25, 0.3) is 0 Å². The molecule has 21 heavy (non-hydrogen) atoms. The number of hydrogen-bond donors (Lipinski definition) is 1. The minimum absolute atomic E-state index is 0.341. The monoisotopic (exact) mass is 286 g/mol. The molecule has 0 spiro atoms. The highest BCUT2D eigenvalue weighted by Crippen LogP contribution is 2.44. The first-order valence-corrected chi connectivity index (χ1v) is 8.53. The van der Waals surface area contributed by atoms with E-state index in [1.165, 1.54) is 30.5 Å². The van der Waals surface area contributed by atoms with Gasteiger partial charge in [-0.15, -0.1) is 0 Å². The van der Waals surface area contributed by atoms with Crippen molar-refractivity contribution >= 4 is 0 Å². The standard InChI is InChI=1S/C19H30N2/c1-14(2)18-12-21(11-16-8-6-5-7-15(16)3)19(4,13-20-18)17-9-10-17/h5-8,14,17-18,20H,9-13H2,1-4H3. The number of piperazine rings is 1. The summed E-state index contributed by atoms with van der Waals surface area (Å²) >= 11 is 0. The molecule has 2 nitrogen and oxygen atoms in total. The van der Waals surface area contributed by atoms with Gasteiger partial charge in [0.05, 0.1) is 0 Å². The van der Waals surface area contributed by atoms with Crippen molar-refractivity contribution in [2.45, 2.75) is 58.7 Å². The Kier molecular flexibility index (Phi) is 4.11. The Bertz CT molecular complexity index is 492. The minimum Gasteiger partial charge on any atom is -0.311 e. The lowest BCUT2D eigenvalue weighted by Gasteiger charge is -2.50. The zero-order valence-electron chi connectivity index (χ0n) is 14.0. The van der Waals surface area contributed by atoms with Crippen molar-refractivity contribution in [1.29, 1.82) is 0 Å². The highest BCUT2D eigenvalue weighted by atomic mass is 15.3. The van der Waals surface area contributed by atoms with Gasteiger partial charge in [-0.3, -0.25) is 4.90 Å². The van der Waals surface area contributed by atoms with Crippen LogP contribution >= 0.6 is 0 Å². The fourth-order valence-corrected chi connectivity index (χ4v) is 3.75. The van der Waals surface area contributed by atoms with Crippen LogP contribution in [0.25, 0.3) is 0 Å². The Morgan fingerprint density at radius 3 is 2.62 bits per heavy atom. The van der Waals surface area contributed by atoms with Crippen LogP contribution in [0.5, 0.6) is 0 Å². The van der Waals surface area contributed by atoms with Crippen LogP contribution in [0.15, 0.2) is 24.3 Å². The molecule has 2 aliphatic rings. The van der Waals surface area contributed by atoms with Crippen molar-refractivity contribution in [2.24, 2.45) is 11.8 Å². The number of nitrogens with zero attached hydrogens (tertiary/aromatic N) is 1. The van der Waals surface area contributed by atoms with Gasteiger partial charge in [0.2, 0.25) is 0 Å². The largest absolute Gasteiger partial charge is 0.311 e. The topological polar surface area (TPSA) is 15.3 Å². The second-order valence-electron chi connectivity index (χ2n) is 7.67. The Morgan fingerprint density at radius 2 is 2.00 bits per heavy atom. The molecule has 2 atom stereocenters. The fourth-order valence-electron chi connectivity index (χ4n) is 3.75. The Morgan fingerprint density at radius 1 is 1.29 bits per heavy atom. The molecule has 1 aliphatic carbocycles. The van der Waals surface area contributed by atoms with Gasteiger partial charge in [0, 0.05) is 31.2 Å². The highest BCUT2D eigenvalue weighted by Gasteiger charge is 2.48. The number of aryl methyl sites for hydroxylation is 1. The molecular weight excluding hydrogens is 256 g/mol. The van der Waals surface area contributed by atoms with Crippen molar-refractivity contribution in [3.8, 4) is 0 Å². The average Bonchev–Trinajstić information content (AvgIpc) is 3.28. The molecule has 1 heterocycles. The maximum Gasteiger partial charge on any atom is 0.0338 e. The van der Waals surface area contributed by atoms with Gasteiger partial charge >= 0.3 is 0 Å². The van der Waals surface area contributed by atoms with E-state index in [0.29, 0.717) is 17.5 Å². The summed E-state index contributed by atoms with van der Waals surface area (Å²) in [7, 11) is 0. The Labute approximate surface area is 129 Å². The first kappa shape index (κ1) is 15.1. The van der Waals surface area contributed by atoms with Gasteiger partial charge in [-0.05, 0) is 49.7 Å². The van der Waals surface area contributed by atoms with E-state index < -0.39 is 0 Å². The molecular formula is C19H30N2. The summed E-state index contributed by atoms with van der Waals surface area (Å²) in [4.78, 5) is 2.77. The van der Waals surface area contributed by atoms with Gasteiger partial charge in [-0.25, -0.2) is 0 Å². The summed E-state index contributed by atoms with van der Waals surface area (Å²) in [5.41, 5.74) is 3.26. The average molecular weight is 286 g/mol. The van der Waals surface area contributed by atoms with Crippen LogP contribution in [0.1, 0.15) is 44.7 Å². The van der Waals surface area contributed by atoms with E-state index in [2.05, 4.69) is 62.2 Å². The third-order valence-corrected chi connectivity index (χ3v) is 5.75. The molecule has 1 aromatic rings. The summed E-state index contributed by atoms with van der Waals surface area (Å²) in [6.45, 7) is 12.8. The van der Waals surface area contributed by atoms with Crippen molar-refractivity contribution in [1.82, 2.24) is 10.2 Å². The zero-order chi connectivity index (χ0) is 15.0. The van der Waals surface area contributed by atoms with Crippen molar-refractivity contribution in [2.75, 3.05) is 13.1 Å². The summed E-state index contributed by atoms with van der Waals surface area (Å²) in [6, 6.07) is 9.49. The van der Waals surface area contributed by atoms with Crippen molar-refractivity contribution < 1.29 is 0 Å². The van der Waals surface area contributed by atoms with Crippen LogP contribution in [-0.4, -0.2) is 29.6 Å². The third kappa shape index (κ3) is 3.02. The predicted molar refractivity (Wildman–Crippen MR) is 89.3 cm³/mol. The van der Waals surface area contributed by atoms with Crippen LogP contribution in [0.3, 0.4) is 0 Å². The normalized spacial score (nSPS) is 30.8. The van der Waals surface area contributed by atoms with Gasteiger partial charge in [0.1, 0.15) is 0 Å². The SMILES string of the molecule is Cc1ccccc1CN1CC(C(C)C)NCC1(C)C1CC1. The summed E-state index contributed by atoms with van der Waals surface area (Å²) in [5, 5.41) is 3.82. The molecule has 0 bridgehead atoms. The Balaban J connectivity index is 1.81. The quantitative estimate of drug-likeness (QED) is 0.910. The molecule has 2 unspecified atom stereocenters. The smallest absolute Gasteiger partial charge is 0.0338 e. The molecule has 0 radical (unpaired) electrons. The highest BCUT2D eigenvalue weighted by molar-refractivity contribution is 5.26. The lowest BCUT2D eigenvalue weighted by molar-refractivity contribution is 0.0185. The maximum atomic E-state index is 3.82. The molecule has 3 rings (SSSR count). The van der Waals surface area contributed by atoms with E-state index in [9.17, 15) is 0 Å². The lowest BCUT2D eigenvalue weighted by atomic mass is 9.86. The molecule has 116 valence electrons. The van der Waals surface area contributed by atoms with E-state index in [0.717, 1.165) is 19.0 Å². The van der Waals surface area contributed by atoms with E-state index >= 15 is 0 Å². The Hall–Kier alpha value is -0.860. The summed E-state index contributed by atoms with van der Waals surface area (Å²) in [6.07, 6.45) is 2.82. The fraction of sp³-hybridized carbons (Fsp3) is 0.684. The second kappa shape index (κ2) is 5.73. The molecule has 0 amide bonds. The molecule has 1 aliphatic heterocycles. The molecule has 2 heteroatoms. The summed E-state index contributed by atoms with van der Waals surface area (Å²) in [5.74, 6) is 1.59. The van der Waals surface area contributed by atoms with Crippen molar-refractivity contribution in [3.63, 3.8) is 0 Å². The van der Waals surface area contributed by atoms with E-state index in [1.807, 2.05) is 0 Å². The van der Waals surface area contributed by atoms with Gasteiger partial charge in [-0.2, -0.15) is 0 Å². The van der Waals surface area contributed by atoms with Crippen LogP contribution < -0.4 is 5.32 Å². The molecule has 2 fully saturated rings. The second-order valence-corrected chi connectivity index (χ2v) is 7.67. The van der Waals surface area contributed by atoms with E-state index in [1.54, 1.807) is 0 Å². The molecule has 1 saturated heterocycles. The number of hydrogen-bond acceptors (Lipinski definition) is 2. The van der Waals surface area contributed by atoms with Gasteiger partial charge in [0.15, 0.2) is 0 Å².